The van der Waals surface area contributed by atoms with Crippen LogP contribution in [-0.4, -0.2) is 446 Å². The number of aliphatic hydroxyl groups excluding tert-OH is 14. The molecular formula is C93H141N7O40. The summed E-state index contributed by atoms with van der Waals surface area (Å²) in [6.07, 6.45) is -42.5. The van der Waals surface area contributed by atoms with Crippen molar-refractivity contribution >= 4 is 35.1 Å². The minimum absolute atomic E-state index is 0.00905. The largest absolute Gasteiger partial charge is 0.394 e. The average Bonchev–Trinajstić information content (AvgIpc) is 1.34. The molecule has 140 heavy (non-hydrogen) atoms. The molecule has 27 rings (SSSR count). The number of carbonyl (C=O) groups excluding carboxylic acids is 5. The van der Waals surface area contributed by atoms with Gasteiger partial charge in [-0.3, -0.25) is 24.0 Å². The quantitative estimate of drug-likeness (QED) is 0.0186. The fourth-order valence-corrected chi connectivity index (χ4v) is 17.6. The van der Waals surface area contributed by atoms with Crippen LogP contribution >= 0.6 is 0 Å². The number of fused-ring (bicyclic) bond motifs is 3. The Hall–Kier alpha value is -6.71. The second kappa shape index (κ2) is 58.6. The van der Waals surface area contributed by atoms with E-state index in [9.17, 15) is 95.5 Å². The molecule has 2 aromatic carbocycles. The first-order valence-electron chi connectivity index (χ1n) is 48.5. The molecule has 28 unspecified atom stereocenters. The van der Waals surface area contributed by atoms with Gasteiger partial charge in [0.1, 0.15) is 141 Å². The van der Waals surface area contributed by atoms with E-state index < -0.39 is 211 Å². The van der Waals surface area contributed by atoms with Crippen molar-refractivity contribution in [3.63, 3.8) is 0 Å². The fourth-order valence-electron chi connectivity index (χ4n) is 17.6. The Morgan fingerprint density at radius 1 is 0.443 bits per heavy atom. The number of hydrogen-bond acceptors (Lipinski definition) is 42. The normalized spacial score (nSPS) is 32.2. The molecule has 24 heterocycles. The van der Waals surface area contributed by atoms with Crippen molar-refractivity contribution in [2.24, 2.45) is 0 Å². The molecule has 17 N–H and O–H groups in total. The van der Waals surface area contributed by atoms with Crippen LogP contribution in [0.5, 0.6) is 0 Å². The number of amides is 4. The maximum absolute atomic E-state index is 13.4. The van der Waals surface area contributed by atoms with Crippen LogP contribution in [0.15, 0.2) is 48.5 Å². The Balaban J connectivity index is 0.489. The van der Waals surface area contributed by atoms with Gasteiger partial charge in [-0.2, -0.15) is 0 Å². The molecule has 12 bridgehead atoms. The number of ether oxygens (including phenoxy) is 21. The van der Waals surface area contributed by atoms with E-state index in [-0.39, 0.29) is 147 Å². The zero-order chi connectivity index (χ0) is 99.4. The summed E-state index contributed by atoms with van der Waals surface area (Å²) in [6.45, 7) is 2.93. The molecule has 22 saturated heterocycles. The fraction of sp³-hybridized carbons (Fsp3) is 0.774. The number of anilines is 1. The third-order valence-electron chi connectivity index (χ3n) is 25.3. The van der Waals surface area contributed by atoms with Gasteiger partial charge in [-0.25, -0.2) is 4.68 Å². The number of aryl methyl sites for hydroxylation is 1. The number of hydrogen-bond donors (Lipinski definition) is 17. The minimum atomic E-state index is -2.16. The van der Waals surface area contributed by atoms with E-state index in [1.165, 1.54) is 4.68 Å². The first kappa shape index (κ1) is 112. The maximum atomic E-state index is 13.4. The topological polar surface area (TPSA) is 632 Å². The van der Waals surface area contributed by atoms with E-state index in [4.69, 9.17) is 99.5 Å². The Bertz CT molecular complexity index is 4240. The smallest absolute Gasteiger partial charge is 0.246 e. The molecule has 23 aliphatic heterocycles. The third-order valence-corrected chi connectivity index (χ3v) is 25.3. The Morgan fingerprint density at radius 2 is 0.907 bits per heavy atom. The summed E-state index contributed by atoms with van der Waals surface area (Å²) < 4.78 is 125. The number of aliphatic hydroxyl groups is 14. The Morgan fingerprint density at radius 3 is 1.44 bits per heavy atom. The van der Waals surface area contributed by atoms with Crippen molar-refractivity contribution in [2.75, 3.05) is 163 Å². The minimum Gasteiger partial charge on any atom is -0.394 e. The van der Waals surface area contributed by atoms with Gasteiger partial charge in [0.15, 0.2) is 37.7 Å². The number of ketones is 1. The molecule has 47 heteroatoms. The number of rotatable bonds is 49. The van der Waals surface area contributed by atoms with Crippen LogP contribution in [0.1, 0.15) is 137 Å². The van der Waals surface area contributed by atoms with Gasteiger partial charge in [0.2, 0.25) is 23.6 Å². The summed E-state index contributed by atoms with van der Waals surface area (Å²) in [7, 11) is 0. The number of unbranched alkanes of at least 4 members (excludes halogenated alkanes) is 1. The molecule has 4 amide bonds. The molecule has 1 aromatic heterocycles. The number of benzene rings is 2. The highest BCUT2D eigenvalue weighted by Crippen LogP contribution is 2.40. The summed E-state index contributed by atoms with van der Waals surface area (Å²) in [5.41, 5.74) is 4.34. The standard InChI is InChI=1S/C93H141N7O40/c1-54(96-69(107)27-32-122-36-40-126-43-42-124-38-34-120-30-11-16-58(105)22-24-71(109)99-46-57-15-6-5-13-55(57)20-21-56-14-7-8-18-61(56)99)12-9-10-28-94-68(106)26-31-121-35-39-125-44-45-127-41-37-123-33-29-95-70(108)53-128-62-19-4-2-3-17-60-73(62)100(98-97-60)47-63-84-74(110)80(116)90(131-63)137-86-65(49-102)133-92(81(117)76(86)112)139-88-67(51-104)135-93(83(119)78(88)114)140-87-66(50-103)134-91(82(118)77(87)113)138-85-64(48-101)132-89(79(115)75(85)111)130-59-23-25-72(136-84)129-52-59/h5-8,13-15,18,54,59,62-67,72,74-93,101-104,110-119H,2-4,9-12,16-17,19,22-53H2,1H3,(H,94,106)(H,95,108)(H,96,107)/t54-,59?,62?,63?,64?,65?,66?,67?,72?,74?,75?,76?,77?,78?,79?,80?,81?,82?,83?,84?,85?,86?,87?,88?,89?,90?,91?,92?,93?/m0/s1. The molecule has 47 nitrogen and oxygen atoms in total. The lowest BCUT2D eigenvalue weighted by atomic mass is 9.95. The molecule has 788 valence electrons. The average molecular weight is 2000 g/mol. The van der Waals surface area contributed by atoms with E-state index in [1.54, 1.807) is 4.90 Å². The number of nitrogens with zero attached hydrogens (tertiary/aromatic N) is 4. The van der Waals surface area contributed by atoms with Gasteiger partial charge in [0.05, 0.1) is 168 Å². The highest BCUT2D eigenvalue weighted by atomic mass is 16.8. The maximum Gasteiger partial charge on any atom is 0.246 e. The van der Waals surface area contributed by atoms with Gasteiger partial charge < -0.3 is 192 Å². The van der Waals surface area contributed by atoms with Crippen LogP contribution in [0.3, 0.4) is 0 Å². The Kier molecular flexibility index (Phi) is 46.9. The highest BCUT2D eigenvalue weighted by molar-refractivity contribution is 5.97. The van der Waals surface area contributed by atoms with E-state index in [0.717, 1.165) is 48.1 Å². The second-order valence-electron chi connectivity index (χ2n) is 35.6. The lowest BCUT2D eigenvalue weighted by molar-refractivity contribution is -0.396. The molecule has 22 fully saturated rings. The predicted molar refractivity (Wildman–Crippen MR) is 478 cm³/mol. The van der Waals surface area contributed by atoms with Crippen LogP contribution in [-0.2, 0) is 143 Å². The number of Topliss-reactive ketones (excluding diaryl/α,β-unsaturated/α-hetero) is 1. The van der Waals surface area contributed by atoms with Crippen molar-refractivity contribution < 1.29 is 195 Å². The zero-order valence-corrected chi connectivity index (χ0v) is 78.7. The van der Waals surface area contributed by atoms with Gasteiger partial charge in [0, 0.05) is 75.4 Å². The second-order valence-corrected chi connectivity index (χ2v) is 35.6. The van der Waals surface area contributed by atoms with E-state index in [2.05, 4.69) is 38.1 Å². The lowest BCUT2D eigenvalue weighted by Gasteiger charge is -2.50. The van der Waals surface area contributed by atoms with E-state index in [1.807, 2.05) is 55.5 Å². The molecule has 24 aliphatic rings. The van der Waals surface area contributed by atoms with Gasteiger partial charge in [-0.05, 0) is 82.1 Å². The molecule has 29 atom stereocenters. The number of carbonyl (C=O) groups is 5. The van der Waals surface area contributed by atoms with Gasteiger partial charge >= 0.3 is 0 Å². The van der Waals surface area contributed by atoms with E-state index in [0.29, 0.717) is 109 Å². The van der Waals surface area contributed by atoms with Gasteiger partial charge in [0.25, 0.3) is 0 Å². The summed E-state index contributed by atoms with van der Waals surface area (Å²) in [5, 5.41) is 176. The lowest BCUT2D eigenvalue weighted by Crippen LogP contribution is -2.68. The summed E-state index contributed by atoms with van der Waals surface area (Å²) >= 11 is 0. The SMILES string of the molecule is C[C@@H](CCCCNC(=O)CCOCCOCCOCCOCCNC(=O)COC1CCCCCc2nnn(CC3OC4OC5C(CO)OC(OC6C(CO)OC(OC7C(CO)OC(OC8C(CO)OC(OC9CCC(OC9)OC3C(O)C4O)C(O)C8O)C(O)C7O)C(O)C6O)C(O)C5O)c21)NC(=O)CCOCCOCCOCCOCCCC(=O)CCC(=O)N1Cc2ccccc2C#Cc2ccccc21. The van der Waals surface area contributed by atoms with Crippen LogP contribution in [0, 0.1) is 11.8 Å². The summed E-state index contributed by atoms with van der Waals surface area (Å²) in [5.74, 6) is 5.59. The number of nitrogens with one attached hydrogen (secondary N) is 3. The van der Waals surface area contributed by atoms with Crippen molar-refractivity contribution in [1.29, 1.82) is 0 Å². The summed E-state index contributed by atoms with van der Waals surface area (Å²) in [4.78, 5) is 66.2. The van der Waals surface area contributed by atoms with Gasteiger partial charge in [-0.15, -0.1) is 5.10 Å². The third kappa shape index (κ3) is 32.6. The zero-order valence-electron chi connectivity index (χ0n) is 78.7. The molecule has 3 aromatic rings. The van der Waals surface area contributed by atoms with Gasteiger partial charge in [-0.1, -0.05) is 60.2 Å². The summed E-state index contributed by atoms with van der Waals surface area (Å²) in [6, 6.07) is 15.3. The van der Waals surface area contributed by atoms with Crippen molar-refractivity contribution in [3.8, 4) is 11.8 Å². The monoisotopic (exact) mass is 2000 g/mol. The van der Waals surface area contributed by atoms with Crippen molar-refractivity contribution in [3.05, 3.63) is 76.6 Å². The van der Waals surface area contributed by atoms with Crippen LogP contribution in [0.4, 0.5) is 5.69 Å². The van der Waals surface area contributed by atoms with Crippen LogP contribution < -0.4 is 20.9 Å². The van der Waals surface area contributed by atoms with E-state index >= 15 is 0 Å². The molecule has 0 spiro atoms. The van der Waals surface area contributed by atoms with Crippen molar-refractivity contribution in [2.45, 2.75) is 301 Å². The molecule has 1 aliphatic carbocycles. The molecule has 0 radical (unpaired) electrons. The molecular weight excluding hydrogens is 1860 g/mol. The number of aromatic nitrogens is 3. The highest BCUT2D eigenvalue weighted by Gasteiger charge is 2.58. The Labute approximate surface area is 810 Å². The van der Waals surface area contributed by atoms with Crippen molar-refractivity contribution in [1.82, 2.24) is 30.9 Å². The number of para-hydroxylation sites is 1. The first-order chi connectivity index (χ1) is 67.9. The molecule has 0 saturated carbocycles. The van der Waals surface area contributed by atoms with Crippen LogP contribution in [0.2, 0.25) is 0 Å². The first-order valence-corrected chi connectivity index (χ1v) is 48.5. The van der Waals surface area contributed by atoms with Crippen LogP contribution in [0.25, 0.3) is 0 Å². The predicted octanol–water partition coefficient (Wildman–Crippen LogP) is -4.99.